The molecule has 144 valence electrons. The van der Waals surface area contributed by atoms with Gasteiger partial charge in [0.05, 0.1) is 6.10 Å². The second-order valence-electron chi connectivity index (χ2n) is 6.45. The number of anilines is 1. The standard InChI is InChI=1S/C19H19F3N2O3/c20-19(21,22)16-6-3-11-24(18(16)26)12-17(25)23-13-7-9-15(10-8-13)27-14-4-1-2-5-14/h3,6-11,14H,1-2,4-5,12H2,(H,23,25). The van der Waals surface area contributed by atoms with Gasteiger partial charge in [-0.25, -0.2) is 0 Å². The van der Waals surface area contributed by atoms with E-state index in [0.717, 1.165) is 42.5 Å². The lowest BCUT2D eigenvalue weighted by Crippen LogP contribution is -2.31. The molecule has 1 N–H and O–H groups in total. The summed E-state index contributed by atoms with van der Waals surface area (Å²) in [6.07, 6.45) is 0.996. The molecule has 1 saturated carbocycles. The molecule has 1 heterocycles. The summed E-state index contributed by atoms with van der Waals surface area (Å²) in [6.45, 7) is -0.511. The first-order valence-electron chi connectivity index (χ1n) is 8.66. The van der Waals surface area contributed by atoms with E-state index in [4.69, 9.17) is 4.74 Å². The van der Waals surface area contributed by atoms with Gasteiger partial charge in [0.15, 0.2) is 0 Å². The van der Waals surface area contributed by atoms with Gasteiger partial charge in [0.1, 0.15) is 17.9 Å². The molecule has 1 amide bonds. The van der Waals surface area contributed by atoms with Gasteiger partial charge in [-0.15, -0.1) is 0 Å². The summed E-state index contributed by atoms with van der Waals surface area (Å²) in [7, 11) is 0. The van der Waals surface area contributed by atoms with Crippen molar-refractivity contribution in [2.75, 3.05) is 5.32 Å². The highest BCUT2D eigenvalue weighted by Crippen LogP contribution is 2.26. The van der Waals surface area contributed by atoms with E-state index in [2.05, 4.69) is 5.32 Å². The van der Waals surface area contributed by atoms with Crippen LogP contribution >= 0.6 is 0 Å². The van der Waals surface area contributed by atoms with Crippen molar-refractivity contribution in [1.82, 2.24) is 4.57 Å². The van der Waals surface area contributed by atoms with E-state index in [0.29, 0.717) is 17.5 Å². The number of hydrogen-bond donors (Lipinski definition) is 1. The summed E-state index contributed by atoms with van der Waals surface area (Å²) in [5.74, 6) is 0.106. The number of rotatable bonds is 5. The monoisotopic (exact) mass is 380 g/mol. The maximum absolute atomic E-state index is 12.8. The third-order valence-corrected chi connectivity index (χ3v) is 4.38. The van der Waals surface area contributed by atoms with Crippen LogP contribution in [0.25, 0.3) is 0 Å². The molecule has 8 heteroatoms. The Morgan fingerprint density at radius 2 is 1.81 bits per heavy atom. The lowest BCUT2D eigenvalue weighted by atomic mass is 10.2. The number of pyridine rings is 1. The van der Waals surface area contributed by atoms with E-state index >= 15 is 0 Å². The maximum atomic E-state index is 12.8. The van der Waals surface area contributed by atoms with Crippen LogP contribution in [0.4, 0.5) is 18.9 Å². The Kier molecular flexibility index (Phi) is 5.53. The smallest absolute Gasteiger partial charge is 0.421 e. The first-order valence-corrected chi connectivity index (χ1v) is 8.66. The fraction of sp³-hybridized carbons (Fsp3) is 0.368. The van der Waals surface area contributed by atoms with Gasteiger partial charge in [-0.05, 0) is 62.1 Å². The van der Waals surface area contributed by atoms with Crippen LogP contribution < -0.4 is 15.6 Å². The third-order valence-electron chi connectivity index (χ3n) is 4.38. The van der Waals surface area contributed by atoms with E-state index in [9.17, 15) is 22.8 Å². The van der Waals surface area contributed by atoms with Crippen LogP contribution in [-0.4, -0.2) is 16.6 Å². The molecule has 1 fully saturated rings. The van der Waals surface area contributed by atoms with Crippen LogP contribution in [0.1, 0.15) is 31.2 Å². The Balaban J connectivity index is 1.62. The van der Waals surface area contributed by atoms with Gasteiger partial charge in [-0.3, -0.25) is 9.59 Å². The Bertz CT molecular complexity index is 854. The summed E-state index contributed by atoms with van der Waals surface area (Å²) >= 11 is 0. The molecule has 0 atom stereocenters. The molecule has 0 radical (unpaired) electrons. The largest absolute Gasteiger partial charge is 0.490 e. The number of aromatic nitrogens is 1. The summed E-state index contributed by atoms with van der Waals surface area (Å²) in [5.41, 5.74) is -2.08. The zero-order valence-corrected chi connectivity index (χ0v) is 14.5. The molecular weight excluding hydrogens is 361 g/mol. The number of halogens is 3. The second-order valence-corrected chi connectivity index (χ2v) is 6.45. The predicted octanol–water partition coefficient (Wildman–Crippen LogP) is 3.83. The van der Waals surface area contributed by atoms with Gasteiger partial charge in [-0.2, -0.15) is 13.2 Å². The van der Waals surface area contributed by atoms with Crippen molar-refractivity contribution < 1.29 is 22.7 Å². The number of alkyl halides is 3. The topological polar surface area (TPSA) is 60.3 Å². The zero-order valence-electron chi connectivity index (χ0n) is 14.5. The Labute approximate surface area is 153 Å². The SMILES string of the molecule is O=C(Cn1cccc(C(F)(F)F)c1=O)Nc1ccc(OC2CCCC2)cc1. The van der Waals surface area contributed by atoms with E-state index < -0.39 is 29.8 Å². The number of carbonyl (C=O) groups is 1. The molecule has 0 unspecified atom stereocenters. The van der Waals surface area contributed by atoms with Crippen LogP contribution in [-0.2, 0) is 17.5 Å². The molecule has 1 aliphatic rings. The molecule has 0 bridgehead atoms. The zero-order chi connectivity index (χ0) is 19.4. The first kappa shape index (κ1) is 19.0. The van der Waals surface area contributed by atoms with Crippen molar-refractivity contribution in [3.05, 3.63) is 58.5 Å². The van der Waals surface area contributed by atoms with Crippen molar-refractivity contribution in [1.29, 1.82) is 0 Å². The van der Waals surface area contributed by atoms with Crippen LogP contribution in [0.2, 0.25) is 0 Å². The molecule has 1 aliphatic carbocycles. The fourth-order valence-corrected chi connectivity index (χ4v) is 3.05. The number of nitrogens with zero attached hydrogens (tertiary/aromatic N) is 1. The Hall–Kier alpha value is -2.77. The molecule has 2 aromatic rings. The molecule has 27 heavy (non-hydrogen) atoms. The van der Waals surface area contributed by atoms with E-state index in [1.807, 2.05) is 0 Å². The number of carbonyl (C=O) groups excluding carboxylic acids is 1. The van der Waals surface area contributed by atoms with E-state index in [1.165, 1.54) is 0 Å². The van der Waals surface area contributed by atoms with Gasteiger partial charge in [0, 0.05) is 11.9 Å². The molecular formula is C19H19F3N2O3. The summed E-state index contributed by atoms with van der Waals surface area (Å²) in [5, 5.41) is 2.56. The lowest BCUT2D eigenvalue weighted by Gasteiger charge is -2.14. The first-order chi connectivity index (χ1) is 12.8. The summed E-state index contributed by atoms with van der Waals surface area (Å²) < 4.78 is 44.9. The van der Waals surface area contributed by atoms with Gasteiger partial charge in [0.2, 0.25) is 5.91 Å². The molecule has 5 nitrogen and oxygen atoms in total. The summed E-state index contributed by atoms with van der Waals surface area (Å²) in [4.78, 5) is 23.9. The van der Waals surface area contributed by atoms with Crippen molar-refractivity contribution in [2.45, 2.75) is 44.5 Å². The van der Waals surface area contributed by atoms with Crippen molar-refractivity contribution in [2.24, 2.45) is 0 Å². The number of amides is 1. The number of ether oxygens (including phenoxy) is 1. The molecule has 0 saturated heterocycles. The number of benzene rings is 1. The van der Waals surface area contributed by atoms with Crippen molar-refractivity contribution in [3.63, 3.8) is 0 Å². The highest BCUT2D eigenvalue weighted by atomic mass is 19.4. The van der Waals surface area contributed by atoms with Gasteiger partial charge in [0.25, 0.3) is 5.56 Å². The van der Waals surface area contributed by atoms with Crippen LogP contribution in [0.3, 0.4) is 0 Å². The second kappa shape index (κ2) is 7.85. The average molecular weight is 380 g/mol. The Morgan fingerprint density at radius 1 is 1.15 bits per heavy atom. The number of nitrogens with one attached hydrogen (secondary N) is 1. The van der Waals surface area contributed by atoms with E-state index in [-0.39, 0.29) is 6.10 Å². The third kappa shape index (κ3) is 4.90. The quantitative estimate of drug-likeness (QED) is 0.858. The van der Waals surface area contributed by atoms with Crippen molar-refractivity contribution in [3.8, 4) is 5.75 Å². The fourth-order valence-electron chi connectivity index (χ4n) is 3.05. The minimum Gasteiger partial charge on any atom is -0.490 e. The molecule has 1 aromatic heterocycles. The minimum absolute atomic E-state index is 0.221. The lowest BCUT2D eigenvalue weighted by molar-refractivity contribution is -0.139. The summed E-state index contributed by atoms with van der Waals surface area (Å²) in [6, 6.07) is 8.54. The van der Waals surface area contributed by atoms with Crippen LogP contribution in [0.5, 0.6) is 5.75 Å². The average Bonchev–Trinajstić information content (AvgIpc) is 3.10. The maximum Gasteiger partial charge on any atom is 0.421 e. The van der Waals surface area contributed by atoms with Gasteiger partial charge in [-0.1, -0.05) is 0 Å². The van der Waals surface area contributed by atoms with Gasteiger partial charge >= 0.3 is 6.18 Å². The molecule has 0 spiro atoms. The molecule has 0 aliphatic heterocycles. The highest BCUT2D eigenvalue weighted by molar-refractivity contribution is 5.90. The predicted molar refractivity (Wildman–Crippen MR) is 93.7 cm³/mol. The van der Waals surface area contributed by atoms with Crippen LogP contribution in [0.15, 0.2) is 47.4 Å². The minimum atomic E-state index is -4.76. The normalized spacial score (nSPS) is 14.9. The van der Waals surface area contributed by atoms with Gasteiger partial charge < -0.3 is 14.6 Å². The van der Waals surface area contributed by atoms with E-state index in [1.54, 1.807) is 24.3 Å². The van der Waals surface area contributed by atoms with Crippen LogP contribution in [0, 0.1) is 0 Å². The molecule has 3 rings (SSSR count). The number of hydrogen-bond acceptors (Lipinski definition) is 3. The van der Waals surface area contributed by atoms with Crippen molar-refractivity contribution >= 4 is 11.6 Å². The highest BCUT2D eigenvalue weighted by Gasteiger charge is 2.34. The Morgan fingerprint density at radius 3 is 2.44 bits per heavy atom. The molecule has 1 aromatic carbocycles.